The Labute approximate surface area is 125 Å². The molecule has 0 saturated heterocycles. The predicted molar refractivity (Wildman–Crippen MR) is 77.7 cm³/mol. The van der Waals surface area contributed by atoms with Crippen molar-refractivity contribution in [1.82, 2.24) is 0 Å². The van der Waals surface area contributed by atoms with Gasteiger partial charge in [0.2, 0.25) is 0 Å². The molecule has 20 heavy (non-hydrogen) atoms. The van der Waals surface area contributed by atoms with Gasteiger partial charge in [0.15, 0.2) is 11.5 Å². The van der Waals surface area contributed by atoms with Gasteiger partial charge in [-0.3, -0.25) is 0 Å². The summed E-state index contributed by atoms with van der Waals surface area (Å²) in [6, 6.07) is 5.03. The van der Waals surface area contributed by atoms with E-state index in [9.17, 15) is 4.79 Å². The fourth-order valence-corrected chi connectivity index (χ4v) is 1.96. The molecule has 106 valence electrons. The molecule has 1 aromatic rings. The van der Waals surface area contributed by atoms with Gasteiger partial charge in [0.05, 0.1) is 13.7 Å². The topological polar surface area (TPSA) is 79.5 Å². The van der Waals surface area contributed by atoms with E-state index in [1.165, 1.54) is 13.2 Å². The summed E-state index contributed by atoms with van der Waals surface area (Å²) < 4.78 is 11.5. The Bertz CT molecular complexity index is 575. The van der Waals surface area contributed by atoms with Crippen molar-refractivity contribution in [2.45, 2.75) is 13.3 Å². The summed E-state index contributed by atoms with van der Waals surface area (Å²) >= 11 is 3.31. The molecule has 0 aliphatic carbocycles. The smallest absolute Gasteiger partial charge is 0.346 e. The lowest BCUT2D eigenvalue weighted by molar-refractivity contribution is -0.132. The molecule has 0 spiro atoms. The first-order valence-electron chi connectivity index (χ1n) is 5.88. The minimum Gasteiger partial charge on any atom is -0.493 e. The fraction of sp³-hybridized carbons (Fsp3) is 0.286. The summed E-state index contributed by atoms with van der Waals surface area (Å²) in [4.78, 5) is 10.9. The Morgan fingerprint density at radius 1 is 1.55 bits per heavy atom. The van der Waals surface area contributed by atoms with Gasteiger partial charge in [-0.2, -0.15) is 5.26 Å². The highest BCUT2D eigenvalue weighted by molar-refractivity contribution is 9.10. The number of hydrogen-bond acceptors (Lipinski definition) is 4. The van der Waals surface area contributed by atoms with Crippen molar-refractivity contribution in [3.8, 4) is 17.6 Å². The van der Waals surface area contributed by atoms with E-state index in [0.29, 0.717) is 28.1 Å². The molecule has 0 unspecified atom stereocenters. The lowest BCUT2D eigenvalue weighted by atomic mass is 10.1. The molecule has 1 rings (SSSR count). The van der Waals surface area contributed by atoms with Crippen LogP contribution in [-0.4, -0.2) is 24.8 Å². The minimum absolute atomic E-state index is 0.369. The van der Waals surface area contributed by atoms with Crippen molar-refractivity contribution < 1.29 is 19.4 Å². The van der Waals surface area contributed by atoms with Crippen LogP contribution in [0.25, 0.3) is 6.08 Å². The van der Waals surface area contributed by atoms with E-state index in [4.69, 9.17) is 19.8 Å². The number of ether oxygens (including phenoxy) is 2. The number of aliphatic carboxylic acids is 1. The van der Waals surface area contributed by atoms with Crippen LogP contribution in [-0.2, 0) is 4.79 Å². The van der Waals surface area contributed by atoms with Crippen LogP contribution in [0.5, 0.6) is 11.5 Å². The maximum atomic E-state index is 10.9. The number of halogens is 1. The first-order valence-corrected chi connectivity index (χ1v) is 6.68. The van der Waals surface area contributed by atoms with Gasteiger partial charge in [-0.05, 0) is 24.6 Å². The first-order chi connectivity index (χ1) is 9.53. The highest BCUT2D eigenvalue weighted by atomic mass is 79.9. The van der Waals surface area contributed by atoms with Gasteiger partial charge in [0.1, 0.15) is 11.6 Å². The van der Waals surface area contributed by atoms with Crippen molar-refractivity contribution in [2.24, 2.45) is 0 Å². The summed E-state index contributed by atoms with van der Waals surface area (Å²) in [6.45, 7) is 2.42. The molecule has 6 heteroatoms. The van der Waals surface area contributed by atoms with Gasteiger partial charge in [-0.1, -0.05) is 22.9 Å². The Hall–Kier alpha value is -2.00. The van der Waals surface area contributed by atoms with Crippen LogP contribution in [0.2, 0.25) is 0 Å². The average molecular weight is 340 g/mol. The Morgan fingerprint density at radius 3 is 2.75 bits per heavy atom. The van der Waals surface area contributed by atoms with E-state index in [-0.39, 0.29) is 5.57 Å². The summed E-state index contributed by atoms with van der Waals surface area (Å²) in [5.41, 5.74) is 0.107. The lowest BCUT2D eigenvalue weighted by Gasteiger charge is -2.13. The molecule has 0 radical (unpaired) electrons. The largest absolute Gasteiger partial charge is 0.493 e. The van der Waals surface area contributed by atoms with Crippen LogP contribution in [0.1, 0.15) is 18.9 Å². The molecule has 0 saturated carbocycles. The van der Waals surface area contributed by atoms with Crippen molar-refractivity contribution >= 4 is 28.0 Å². The summed E-state index contributed by atoms with van der Waals surface area (Å²) in [6.07, 6.45) is 2.06. The lowest BCUT2D eigenvalue weighted by Crippen LogP contribution is -2.02. The third-order valence-corrected chi connectivity index (χ3v) is 2.83. The molecule has 0 aliphatic rings. The third kappa shape index (κ3) is 4.00. The van der Waals surface area contributed by atoms with Crippen LogP contribution in [0.15, 0.2) is 22.2 Å². The van der Waals surface area contributed by atoms with Crippen LogP contribution in [0.3, 0.4) is 0 Å². The Kier molecular flexibility index (Phi) is 6.07. The second-order valence-corrected chi connectivity index (χ2v) is 4.77. The molecule has 0 aliphatic heterocycles. The standard InChI is InChI=1S/C14H14BrNO4/c1-3-4-20-13-9(5-10(8-16)14(17)18)6-11(15)7-12(13)19-2/h5-7H,3-4H2,1-2H3,(H,17,18). The molecular weight excluding hydrogens is 326 g/mol. The molecule has 0 bridgehead atoms. The van der Waals surface area contributed by atoms with E-state index >= 15 is 0 Å². The van der Waals surface area contributed by atoms with E-state index in [2.05, 4.69) is 15.9 Å². The van der Waals surface area contributed by atoms with Gasteiger partial charge in [-0.25, -0.2) is 4.79 Å². The zero-order chi connectivity index (χ0) is 15.1. The van der Waals surface area contributed by atoms with Crippen molar-refractivity contribution in [2.75, 3.05) is 13.7 Å². The number of rotatable bonds is 6. The second-order valence-electron chi connectivity index (χ2n) is 3.85. The quantitative estimate of drug-likeness (QED) is 0.635. The number of hydrogen-bond donors (Lipinski definition) is 1. The van der Waals surface area contributed by atoms with Gasteiger partial charge in [0, 0.05) is 10.0 Å². The van der Waals surface area contributed by atoms with Crippen molar-refractivity contribution in [1.29, 1.82) is 5.26 Å². The highest BCUT2D eigenvalue weighted by Crippen LogP contribution is 2.36. The second kappa shape index (κ2) is 7.56. The number of methoxy groups -OCH3 is 1. The molecule has 0 atom stereocenters. The highest BCUT2D eigenvalue weighted by Gasteiger charge is 2.14. The predicted octanol–water partition coefficient (Wildman–Crippen LogP) is 3.24. The molecule has 5 nitrogen and oxygen atoms in total. The Balaban J connectivity index is 3.39. The molecule has 0 fully saturated rings. The normalized spacial score (nSPS) is 10.8. The third-order valence-electron chi connectivity index (χ3n) is 2.37. The van der Waals surface area contributed by atoms with Crippen molar-refractivity contribution in [3.05, 3.63) is 27.7 Å². The number of nitrogens with zero attached hydrogens (tertiary/aromatic N) is 1. The van der Waals surface area contributed by atoms with Crippen molar-refractivity contribution in [3.63, 3.8) is 0 Å². The van der Waals surface area contributed by atoms with E-state index in [0.717, 1.165) is 6.42 Å². The summed E-state index contributed by atoms with van der Waals surface area (Å²) in [5.74, 6) is -0.388. The maximum Gasteiger partial charge on any atom is 0.346 e. The molecule has 1 N–H and O–H groups in total. The van der Waals surface area contributed by atoms with Gasteiger partial charge < -0.3 is 14.6 Å². The summed E-state index contributed by atoms with van der Waals surface area (Å²) in [5, 5.41) is 17.8. The van der Waals surface area contributed by atoms with E-state index < -0.39 is 5.97 Å². The van der Waals surface area contributed by atoms with Gasteiger partial charge >= 0.3 is 5.97 Å². The summed E-state index contributed by atoms with van der Waals surface area (Å²) in [7, 11) is 1.50. The molecule has 0 amide bonds. The zero-order valence-electron chi connectivity index (χ0n) is 11.1. The van der Waals surface area contributed by atoms with Crippen LogP contribution in [0.4, 0.5) is 0 Å². The number of benzene rings is 1. The van der Waals surface area contributed by atoms with E-state index in [1.807, 2.05) is 6.92 Å². The van der Waals surface area contributed by atoms with Crippen LogP contribution >= 0.6 is 15.9 Å². The number of carboxylic acids is 1. The first kappa shape index (κ1) is 16.1. The molecule has 0 aromatic heterocycles. The van der Waals surface area contributed by atoms with Crippen LogP contribution in [0, 0.1) is 11.3 Å². The SMILES string of the molecule is CCCOc1c(C=C(C#N)C(=O)O)cc(Br)cc1OC. The zero-order valence-corrected chi connectivity index (χ0v) is 12.7. The number of nitriles is 1. The van der Waals surface area contributed by atoms with E-state index in [1.54, 1.807) is 18.2 Å². The Morgan fingerprint density at radius 2 is 2.25 bits per heavy atom. The molecular formula is C14H14BrNO4. The van der Waals surface area contributed by atoms with Gasteiger partial charge in [0.25, 0.3) is 0 Å². The molecule has 0 heterocycles. The van der Waals surface area contributed by atoms with Crippen LogP contribution < -0.4 is 9.47 Å². The number of carbonyl (C=O) groups is 1. The van der Waals surface area contributed by atoms with Gasteiger partial charge in [-0.15, -0.1) is 0 Å². The fourth-order valence-electron chi connectivity index (χ4n) is 1.50. The average Bonchev–Trinajstić information content (AvgIpc) is 2.42. The number of carboxylic acid groups (broad SMARTS) is 1. The monoisotopic (exact) mass is 339 g/mol. The maximum absolute atomic E-state index is 10.9. The minimum atomic E-state index is -1.28. The molecule has 1 aromatic carbocycles.